The van der Waals surface area contributed by atoms with Crippen LogP contribution in [0, 0.1) is 17.3 Å². The van der Waals surface area contributed by atoms with Crippen molar-refractivity contribution in [2.24, 2.45) is 17.3 Å². The minimum absolute atomic E-state index is 0.177. The van der Waals surface area contributed by atoms with Crippen LogP contribution in [0.4, 0.5) is 13.6 Å². The molecule has 18 heteroatoms. The number of cyclic esters (lactones) is 1. The van der Waals surface area contributed by atoms with E-state index in [-0.39, 0.29) is 12.4 Å². The van der Waals surface area contributed by atoms with Crippen molar-refractivity contribution in [2.45, 2.75) is 160 Å². The van der Waals surface area contributed by atoms with Gasteiger partial charge in [0.05, 0.1) is 35.4 Å². The third-order valence-electron chi connectivity index (χ3n) is 12.6. The maximum absolute atomic E-state index is 15.0. The Bertz CT molecular complexity index is 2060. The fourth-order valence-corrected chi connectivity index (χ4v) is 9.75. The van der Waals surface area contributed by atoms with E-state index in [1.807, 2.05) is 24.6 Å². The van der Waals surface area contributed by atoms with Crippen molar-refractivity contribution >= 4 is 44.9 Å². The summed E-state index contributed by atoms with van der Waals surface area (Å²) in [7, 11) is -2.71. The van der Waals surface area contributed by atoms with E-state index in [1.54, 1.807) is 32.9 Å². The van der Waals surface area contributed by atoms with E-state index in [1.165, 1.54) is 18.9 Å². The Labute approximate surface area is 350 Å². The number of sulfonamides is 1. The number of methoxy groups -OCH3 is 1. The number of alkyl carbamates (subject to hydrolysis) is 1. The van der Waals surface area contributed by atoms with Gasteiger partial charge in [0.2, 0.25) is 34.1 Å². The number of hydrogen-bond acceptors (Lipinski definition) is 11. The van der Waals surface area contributed by atoms with Crippen molar-refractivity contribution in [3.63, 3.8) is 0 Å². The van der Waals surface area contributed by atoms with Crippen molar-refractivity contribution in [3.05, 3.63) is 23.9 Å². The third-order valence-corrected chi connectivity index (χ3v) is 14.8. The molecule has 0 spiro atoms. The van der Waals surface area contributed by atoms with Gasteiger partial charge in [0.25, 0.3) is 5.91 Å². The molecule has 2 bridgehead atoms. The van der Waals surface area contributed by atoms with Crippen LogP contribution in [0.15, 0.2) is 18.2 Å². The summed E-state index contributed by atoms with van der Waals surface area (Å²) in [6.07, 6.45) is 0.741. The van der Waals surface area contributed by atoms with E-state index in [0.29, 0.717) is 67.4 Å². The molecular weight excluding hydrogens is 803 g/mol. The first-order chi connectivity index (χ1) is 28.3. The highest BCUT2D eigenvalue weighted by Crippen LogP contribution is 2.50. The van der Waals surface area contributed by atoms with Crippen LogP contribution < -0.4 is 24.8 Å². The topological polar surface area (TPSA) is 195 Å². The maximum Gasteiger partial charge on any atom is 0.408 e. The highest BCUT2D eigenvalue weighted by Gasteiger charge is 2.68. The summed E-state index contributed by atoms with van der Waals surface area (Å²) in [5.41, 5.74) is -1.46. The van der Waals surface area contributed by atoms with E-state index in [2.05, 4.69) is 10.6 Å². The summed E-state index contributed by atoms with van der Waals surface area (Å²) in [5.74, 6) is -4.51. The second-order valence-electron chi connectivity index (χ2n) is 18.2. The molecule has 60 heavy (non-hydrogen) atoms. The summed E-state index contributed by atoms with van der Waals surface area (Å²) in [6.45, 7) is 10.3. The first-order valence-corrected chi connectivity index (χ1v) is 22.7. The Morgan fingerprint density at radius 3 is 2.40 bits per heavy atom. The number of hydrogen-bond donors (Lipinski definition) is 3. The smallest absolute Gasteiger partial charge is 0.408 e. The van der Waals surface area contributed by atoms with E-state index >= 15 is 0 Å². The van der Waals surface area contributed by atoms with Crippen LogP contribution in [0.2, 0.25) is 0 Å². The van der Waals surface area contributed by atoms with Gasteiger partial charge in [0, 0.05) is 12.0 Å². The van der Waals surface area contributed by atoms with Gasteiger partial charge in [-0.15, -0.1) is 0 Å². The van der Waals surface area contributed by atoms with Crippen LogP contribution in [0.25, 0.3) is 11.0 Å². The number of aryl methyl sites for hydroxylation is 1. The quantitative estimate of drug-likeness (QED) is 0.270. The monoisotopic (exact) mass is 862 g/mol. The minimum atomic E-state index is -4.25. The van der Waals surface area contributed by atoms with Gasteiger partial charge in [-0.1, -0.05) is 53.9 Å². The summed E-state index contributed by atoms with van der Waals surface area (Å²) in [5, 5.41) is 5.31. The average molecular weight is 863 g/mol. The molecule has 2 aromatic rings. The zero-order valence-electron chi connectivity index (χ0n) is 35.6. The summed E-state index contributed by atoms with van der Waals surface area (Å²) < 4.78 is 73.9. The predicted octanol–water partition coefficient (Wildman–Crippen LogP) is 5.58. The standard InChI is InChI=1S/C42H60F2N6O9S/c1-8-14-26-31-23-50(32(26)35(51)48-42(22-27(42)34(43)44)38(53)49-60(55,56)41(6)19-20-41)37(52)33(40(3,4)5)47-39(54)58-24(9-2)15-12-10-11-13-16-29-36(59-31)46-30-21-25(57-7)17-18-28(30)45-29/h17-18,21,24,26-27,31-34H,8-16,19-20,22-23H2,1-7H3,(H,47,54)(H,48,51)(H,49,53)/t24-,26-,27+,31+,32+,33-,42-/m1/s1. The van der Waals surface area contributed by atoms with Gasteiger partial charge in [-0.25, -0.2) is 32.0 Å². The number of halogens is 2. The molecule has 1 aromatic carbocycles. The lowest BCUT2D eigenvalue weighted by atomic mass is 9.85. The Hall–Kier alpha value is -4.35. The van der Waals surface area contributed by atoms with Crippen molar-refractivity contribution < 1.29 is 50.6 Å². The van der Waals surface area contributed by atoms with Gasteiger partial charge in [0.1, 0.15) is 41.3 Å². The Morgan fingerprint density at radius 1 is 1.07 bits per heavy atom. The molecule has 332 valence electrons. The van der Waals surface area contributed by atoms with E-state index in [4.69, 9.17) is 24.2 Å². The molecule has 1 aromatic heterocycles. The number of aromatic nitrogens is 2. The normalized spacial score (nSPS) is 28.7. The first-order valence-electron chi connectivity index (χ1n) is 21.2. The molecule has 3 fully saturated rings. The summed E-state index contributed by atoms with van der Waals surface area (Å²) >= 11 is 0. The average Bonchev–Trinajstić information content (AvgIpc) is 4.09. The van der Waals surface area contributed by atoms with Crippen LogP contribution in [0.3, 0.4) is 0 Å². The number of ether oxygens (including phenoxy) is 3. The number of rotatable bonds is 10. The zero-order valence-corrected chi connectivity index (χ0v) is 36.5. The Balaban J connectivity index is 1.43. The highest BCUT2D eigenvalue weighted by molar-refractivity contribution is 7.91. The molecule has 7 atom stereocenters. The fourth-order valence-electron chi connectivity index (χ4n) is 8.43. The first kappa shape index (κ1) is 45.2. The molecule has 6 rings (SSSR count). The molecule has 3 N–H and O–H groups in total. The lowest BCUT2D eigenvalue weighted by Gasteiger charge is -2.36. The van der Waals surface area contributed by atoms with Gasteiger partial charge in [-0.05, 0) is 82.3 Å². The zero-order chi connectivity index (χ0) is 43.8. The van der Waals surface area contributed by atoms with Crippen molar-refractivity contribution in [1.82, 2.24) is 30.2 Å². The van der Waals surface area contributed by atoms with Gasteiger partial charge < -0.3 is 29.7 Å². The van der Waals surface area contributed by atoms with Crippen molar-refractivity contribution in [3.8, 4) is 11.6 Å². The van der Waals surface area contributed by atoms with Crippen molar-refractivity contribution in [2.75, 3.05) is 13.7 Å². The van der Waals surface area contributed by atoms with Crippen LogP contribution >= 0.6 is 0 Å². The molecule has 4 amide bonds. The summed E-state index contributed by atoms with van der Waals surface area (Å²) in [6, 6.07) is 2.71. The second kappa shape index (κ2) is 17.6. The molecule has 15 nitrogen and oxygen atoms in total. The lowest BCUT2D eigenvalue weighted by molar-refractivity contribution is -0.144. The molecule has 2 saturated carbocycles. The van der Waals surface area contributed by atoms with Crippen LogP contribution in [0.1, 0.15) is 118 Å². The van der Waals surface area contributed by atoms with Crippen LogP contribution in [0.5, 0.6) is 11.6 Å². The Morgan fingerprint density at radius 2 is 1.78 bits per heavy atom. The van der Waals surface area contributed by atoms with E-state index < -0.39 is 98.5 Å². The predicted molar refractivity (Wildman–Crippen MR) is 218 cm³/mol. The number of amides is 4. The second-order valence-corrected chi connectivity index (χ2v) is 20.4. The van der Waals surface area contributed by atoms with Gasteiger partial charge in [-0.2, -0.15) is 0 Å². The third kappa shape index (κ3) is 9.42. The van der Waals surface area contributed by atoms with Gasteiger partial charge in [-0.3, -0.25) is 19.1 Å². The highest BCUT2D eigenvalue weighted by atomic mass is 32.2. The van der Waals surface area contributed by atoms with Crippen molar-refractivity contribution in [1.29, 1.82) is 0 Å². The maximum atomic E-state index is 15.0. The molecule has 2 aliphatic carbocycles. The fraction of sp³-hybridized carbons (Fsp3) is 0.714. The number of fused-ring (bicyclic) bond motifs is 4. The van der Waals surface area contributed by atoms with Crippen LogP contribution in [-0.2, 0) is 35.6 Å². The number of nitrogens with zero attached hydrogens (tertiary/aromatic N) is 3. The van der Waals surface area contributed by atoms with Gasteiger partial charge >= 0.3 is 6.09 Å². The lowest BCUT2D eigenvalue weighted by Crippen LogP contribution is -2.61. The number of carbonyl (C=O) groups excluding carboxylic acids is 4. The molecule has 3 heterocycles. The number of alkyl halides is 2. The van der Waals surface area contributed by atoms with Gasteiger partial charge in [0.15, 0.2) is 0 Å². The summed E-state index contributed by atoms with van der Waals surface area (Å²) in [4.78, 5) is 68.2. The number of benzene rings is 1. The SMILES string of the molecule is CCC[C@@H]1[C@@H]2CN(C(=O)[C@H](C(C)(C)C)NC(=O)O[C@H](CC)CCCCCCc3nc4ccc(OC)cc4nc3O2)[C@@H]1C(=O)N[C@]1(C(=O)NS(=O)(=O)C2(C)CC2)C[C@H]1C(F)F. The molecular formula is C42H60F2N6O9S. The number of nitrogens with one attached hydrogen (secondary N) is 3. The minimum Gasteiger partial charge on any atom is -0.497 e. The Kier molecular flexibility index (Phi) is 13.2. The number of carbonyl (C=O) groups is 4. The largest absolute Gasteiger partial charge is 0.497 e. The molecule has 0 unspecified atom stereocenters. The molecule has 1 saturated heterocycles. The molecule has 2 aliphatic heterocycles. The van der Waals surface area contributed by atoms with E-state index in [9.17, 15) is 36.4 Å². The van der Waals surface area contributed by atoms with Crippen LogP contribution in [-0.4, -0.2) is 102 Å². The molecule has 0 radical (unpaired) electrons. The van der Waals surface area contributed by atoms with E-state index in [0.717, 1.165) is 25.7 Å². The molecule has 4 aliphatic rings.